The number of fused-ring (bicyclic) bond motifs is 3. The average Bonchev–Trinajstić information content (AvgIpc) is 3.15. The molecule has 1 aromatic heterocycles. The van der Waals surface area contributed by atoms with Crippen molar-refractivity contribution in [3.63, 3.8) is 0 Å². The molecule has 43 heavy (non-hydrogen) atoms. The molecule has 0 spiro atoms. The van der Waals surface area contributed by atoms with Crippen LogP contribution in [0.25, 0.3) is 28.7 Å². The molecule has 1 aliphatic carbocycles. The molecule has 0 fully saturated rings. The Balaban J connectivity index is 1.36. The van der Waals surface area contributed by atoms with E-state index >= 15 is 0 Å². The van der Waals surface area contributed by atoms with Gasteiger partial charge < -0.3 is 14.2 Å². The van der Waals surface area contributed by atoms with E-state index in [1.54, 1.807) is 0 Å². The highest BCUT2D eigenvalue weighted by Crippen LogP contribution is 2.41. The zero-order valence-corrected chi connectivity index (χ0v) is 24.9. The number of anilines is 3. The largest absolute Gasteiger partial charge is 0.457 e. The van der Waals surface area contributed by atoms with Gasteiger partial charge in [0.25, 0.3) is 0 Å². The normalized spacial score (nSPS) is 12.3. The second-order valence-electron chi connectivity index (χ2n) is 10.8. The summed E-state index contributed by atoms with van der Waals surface area (Å²) in [5, 5.41) is 1.87. The second kappa shape index (κ2) is 11.4. The van der Waals surface area contributed by atoms with Crippen LogP contribution in [-0.4, -0.2) is 4.57 Å². The fourth-order valence-electron chi connectivity index (χ4n) is 5.81. The monoisotopic (exact) mass is 578 g/mol. The van der Waals surface area contributed by atoms with E-state index < -0.39 is 0 Å². The molecule has 0 unspecified atom stereocenters. The third-order valence-corrected chi connectivity index (χ3v) is 8.17. The zero-order valence-electron chi connectivity index (χ0n) is 24.2. The number of para-hydroxylation sites is 2. The van der Waals surface area contributed by atoms with Crippen molar-refractivity contribution < 1.29 is 4.74 Å². The lowest BCUT2D eigenvalue weighted by Gasteiger charge is -2.26. The molecular weight excluding hydrogens is 548 g/mol. The van der Waals surface area contributed by atoms with Crippen LogP contribution < -0.4 is 9.64 Å². The number of rotatable bonds is 6. The number of benzene rings is 5. The minimum absolute atomic E-state index is 0.657. The molecular formula is C39H31ClN2O. The van der Waals surface area contributed by atoms with Crippen molar-refractivity contribution in [2.45, 2.75) is 20.3 Å². The van der Waals surface area contributed by atoms with Crippen LogP contribution >= 0.6 is 11.6 Å². The predicted molar refractivity (Wildman–Crippen MR) is 182 cm³/mol. The highest BCUT2D eigenvalue weighted by Gasteiger charge is 2.20. The first-order valence-corrected chi connectivity index (χ1v) is 14.9. The highest BCUT2D eigenvalue weighted by atomic mass is 35.5. The van der Waals surface area contributed by atoms with Gasteiger partial charge in [-0.1, -0.05) is 72.3 Å². The molecule has 0 atom stereocenters. The lowest BCUT2D eigenvalue weighted by Crippen LogP contribution is -2.10. The minimum atomic E-state index is 0.657. The van der Waals surface area contributed by atoms with Crippen molar-refractivity contribution in [3.05, 3.63) is 155 Å². The summed E-state index contributed by atoms with van der Waals surface area (Å²) < 4.78 is 8.69. The SMILES string of the molecule is Cc1cc(N(c2ccccc2)c2ccc3c(c2)c2c(n3-c3ccccc3)C=CCC=C2)ccc1Oc1cc(Cl)ccc1C. The van der Waals surface area contributed by atoms with Crippen LogP contribution in [-0.2, 0) is 0 Å². The number of allylic oxidation sites excluding steroid dienone is 2. The predicted octanol–water partition coefficient (Wildman–Crippen LogP) is 11.6. The second-order valence-corrected chi connectivity index (χ2v) is 11.3. The van der Waals surface area contributed by atoms with Crippen molar-refractivity contribution in [3.8, 4) is 17.2 Å². The first-order chi connectivity index (χ1) is 21.1. The molecule has 0 bridgehead atoms. The number of hydrogen-bond donors (Lipinski definition) is 0. The van der Waals surface area contributed by atoms with Gasteiger partial charge in [0.15, 0.2) is 0 Å². The summed E-state index contributed by atoms with van der Waals surface area (Å²) in [7, 11) is 0. The van der Waals surface area contributed by atoms with Crippen LogP contribution in [0.1, 0.15) is 28.8 Å². The first-order valence-electron chi connectivity index (χ1n) is 14.5. The van der Waals surface area contributed by atoms with Gasteiger partial charge >= 0.3 is 0 Å². The van der Waals surface area contributed by atoms with E-state index in [4.69, 9.17) is 16.3 Å². The first kappa shape index (κ1) is 26.9. The number of aryl methyl sites for hydroxylation is 2. The van der Waals surface area contributed by atoms with Gasteiger partial charge in [-0.15, -0.1) is 0 Å². The van der Waals surface area contributed by atoms with Gasteiger partial charge in [0, 0.05) is 38.7 Å². The van der Waals surface area contributed by atoms with Crippen molar-refractivity contribution in [2.24, 2.45) is 0 Å². The summed E-state index contributed by atoms with van der Waals surface area (Å²) in [6.07, 6.45) is 9.91. The van der Waals surface area contributed by atoms with Crippen LogP contribution in [0.15, 0.2) is 127 Å². The Morgan fingerprint density at radius 1 is 0.651 bits per heavy atom. The van der Waals surface area contributed by atoms with Crippen molar-refractivity contribution >= 4 is 51.7 Å². The number of hydrogen-bond acceptors (Lipinski definition) is 2. The van der Waals surface area contributed by atoms with Gasteiger partial charge in [-0.25, -0.2) is 0 Å². The molecule has 7 rings (SSSR count). The summed E-state index contributed by atoms with van der Waals surface area (Å²) in [6, 6.07) is 40.0. The Labute approximate surface area is 257 Å². The van der Waals surface area contributed by atoms with Crippen molar-refractivity contribution in [1.82, 2.24) is 4.57 Å². The summed E-state index contributed by atoms with van der Waals surface area (Å²) in [5.74, 6) is 1.57. The van der Waals surface area contributed by atoms with Gasteiger partial charge in [0.05, 0.1) is 11.2 Å². The molecule has 210 valence electrons. The zero-order chi connectivity index (χ0) is 29.3. The van der Waals surface area contributed by atoms with E-state index in [2.05, 4.69) is 132 Å². The fourth-order valence-corrected chi connectivity index (χ4v) is 5.98. The molecule has 0 radical (unpaired) electrons. The van der Waals surface area contributed by atoms with Crippen LogP contribution in [0.5, 0.6) is 11.5 Å². The Bertz CT molecular complexity index is 2000. The Kier molecular flexibility index (Phi) is 7.10. The molecule has 3 nitrogen and oxygen atoms in total. The summed E-state index contributed by atoms with van der Waals surface area (Å²) >= 11 is 6.26. The maximum atomic E-state index is 6.32. The Morgan fingerprint density at radius 3 is 2.16 bits per heavy atom. The van der Waals surface area contributed by atoms with Gasteiger partial charge in [-0.3, -0.25) is 0 Å². The Morgan fingerprint density at radius 2 is 1.37 bits per heavy atom. The van der Waals surface area contributed by atoms with E-state index in [9.17, 15) is 0 Å². The van der Waals surface area contributed by atoms with Gasteiger partial charge in [-0.05, 0) is 110 Å². The van der Waals surface area contributed by atoms with Crippen LogP contribution in [0.4, 0.5) is 17.1 Å². The van der Waals surface area contributed by atoms with E-state index in [0.29, 0.717) is 5.02 Å². The molecule has 0 amide bonds. The lowest BCUT2D eigenvalue weighted by molar-refractivity contribution is 0.475. The van der Waals surface area contributed by atoms with E-state index in [0.717, 1.165) is 51.8 Å². The lowest BCUT2D eigenvalue weighted by atomic mass is 10.1. The van der Waals surface area contributed by atoms with Gasteiger partial charge in [0.2, 0.25) is 0 Å². The molecule has 0 N–H and O–H groups in total. The van der Waals surface area contributed by atoms with Crippen molar-refractivity contribution in [2.75, 3.05) is 4.90 Å². The fraction of sp³-hybridized carbons (Fsp3) is 0.0769. The molecule has 4 heteroatoms. The minimum Gasteiger partial charge on any atom is -0.457 e. The number of ether oxygens (including phenoxy) is 1. The molecule has 5 aromatic carbocycles. The standard InChI is InChI=1S/C39H31ClN2O/c1-27-18-19-29(40)25-39(27)43-38-23-21-32(24-28(38)2)41(30-12-6-3-7-13-30)33-20-22-37-35(26-33)34-16-10-5-11-17-36(34)42(37)31-14-8-4-9-15-31/h3-4,6-26H,5H2,1-2H3. The number of halogens is 1. The molecule has 1 aliphatic rings. The summed E-state index contributed by atoms with van der Waals surface area (Å²) in [5.41, 5.74) is 10.1. The number of aromatic nitrogens is 1. The topological polar surface area (TPSA) is 17.4 Å². The van der Waals surface area contributed by atoms with E-state index in [1.165, 1.54) is 22.2 Å². The van der Waals surface area contributed by atoms with E-state index in [-0.39, 0.29) is 0 Å². The summed E-state index contributed by atoms with van der Waals surface area (Å²) in [6.45, 7) is 4.11. The van der Waals surface area contributed by atoms with Crippen LogP contribution in [0.2, 0.25) is 5.02 Å². The molecule has 0 aliphatic heterocycles. The third kappa shape index (κ3) is 5.13. The average molecular weight is 579 g/mol. The quantitative estimate of drug-likeness (QED) is 0.195. The van der Waals surface area contributed by atoms with E-state index in [1.807, 2.05) is 31.2 Å². The molecule has 0 saturated heterocycles. The highest BCUT2D eigenvalue weighted by molar-refractivity contribution is 6.30. The Hall–Kier alpha value is -4.99. The maximum Gasteiger partial charge on any atom is 0.131 e. The summed E-state index contributed by atoms with van der Waals surface area (Å²) in [4.78, 5) is 2.31. The van der Waals surface area contributed by atoms with Gasteiger partial charge in [0.1, 0.15) is 11.5 Å². The van der Waals surface area contributed by atoms with Gasteiger partial charge in [-0.2, -0.15) is 0 Å². The third-order valence-electron chi connectivity index (χ3n) is 7.93. The number of nitrogens with zero attached hydrogens (tertiary/aromatic N) is 2. The smallest absolute Gasteiger partial charge is 0.131 e. The maximum absolute atomic E-state index is 6.32. The van der Waals surface area contributed by atoms with Crippen LogP contribution in [0.3, 0.4) is 0 Å². The van der Waals surface area contributed by atoms with Crippen LogP contribution in [0, 0.1) is 13.8 Å². The molecule has 1 heterocycles. The van der Waals surface area contributed by atoms with Crippen molar-refractivity contribution in [1.29, 1.82) is 0 Å². The molecule has 6 aromatic rings. The molecule has 0 saturated carbocycles.